The van der Waals surface area contributed by atoms with Crippen LogP contribution < -0.4 is 0 Å². The zero-order valence-corrected chi connectivity index (χ0v) is 15.8. The Kier molecular flexibility index (Phi) is 5.00. The average molecular weight is 409 g/mol. The second-order valence-electron chi connectivity index (χ2n) is 5.59. The van der Waals surface area contributed by atoms with Crippen LogP contribution in [0, 0.1) is 10.1 Å². The van der Waals surface area contributed by atoms with Crippen LogP contribution in [0.4, 0.5) is 5.69 Å². The molecule has 0 fully saturated rings. The number of benzene rings is 2. The Morgan fingerprint density at radius 2 is 1.86 bits per heavy atom. The summed E-state index contributed by atoms with van der Waals surface area (Å²) in [4.78, 5) is 24.7. The van der Waals surface area contributed by atoms with E-state index in [1.165, 1.54) is 23.5 Å². The topological polar surface area (TPSA) is 99.1 Å². The maximum absolute atomic E-state index is 12.6. The number of carbonyl (C=O) groups is 1. The SMILES string of the molecule is O=C(c1ccccc1)c1ccc(Sc2nnc(-c3cccs3)o2)c([N+](=O)[O-])c1. The molecule has 0 aliphatic carbocycles. The van der Waals surface area contributed by atoms with Gasteiger partial charge >= 0.3 is 0 Å². The van der Waals surface area contributed by atoms with E-state index in [0.717, 1.165) is 16.6 Å². The van der Waals surface area contributed by atoms with Crippen LogP contribution in [0.25, 0.3) is 10.8 Å². The number of ketones is 1. The Labute approximate surface area is 167 Å². The van der Waals surface area contributed by atoms with Crippen LogP contribution in [-0.2, 0) is 0 Å². The van der Waals surface area contributed by atoms with Crippen molar-refractivity contribution in [1.82, 2.24) is 10.2 Å². The van der Waals surface area contributed by atoms with E-state index in [1.54, 1.807) is 36.4 Å². The maximum Gasteiger partial charge on any atom is 0.284 e. The van der Waals surface area contributed by atoms with Crippen molar-refractivity contribution < 1.29 is 14.1 Å². The largest absolute Gasteiger partial charge is 0.410 e. The number of hydrogen-bond donors (Lipinski definition) is 0. The molecule has 2 heterocycles. The average Bonchev–Trinajstić information content (AvgIpc) is 3.40. The molecule has 0 aliphatic rings. The summed E-state index contributed by atoms with van der Waals surface area (Å²) in [5.41, 5.74) is 0.518. The fraction of sp³-hybridized carbons (Fsp3) is 0. The predicted molar refractivity (Wildman–Crippen MR) is 105 cm³/mol. The van der Waals surface area contributed by atoms with Gasteiger partial charge in [-0.15, -0.1) is 21.5 Å². The van der Waals surface area contributed by atoms with Gasteiger partial charge in [-0.25, -0.2) is 0 Å². The van der Waals surface area contributed by atoms with Crippen LogP contribution in [0.2, 0.25) is 0 Å². The molecule has 0 unspecified atom stereocenters. The minimum atomic E-state index is -0.527. The molecule has 0 aliphatic heterocycles. The Morgan fingerprint density at radius 3 is 2.57 bits per heavy atom. The smallest absolute Gasteiger partial charge is 0.284 e. The number of thiophene rings is 1. The van der Waals surface area contributed by atoms with Gasteiger partial charge in [-0.1, -0.05) is 36.4 Å². The molecule has 2 aromatic carbocycles. The van der Waals surface area contributed by atoms with Gasteiger partial charge in [-0.2, -0.15) is 0 Å². The normalized spacial score (nSPS) is 10.7. The molecule has 2 aromatic heterocycles. The molecular weight excluding hydrogens is 398 g/mol. The number of aromatic nitrogens is 2. The van der Waals surface area contributed by atoms with Gasteiger partial charge in [0.25, 0.3) is 16.8 Å². The zero-order chi connectivity index (χ0) is 19.5. The fourth-order valence-corrected chi connectivity index (χ4v) is 3.90. The van der Waals surface area contributed by atoms with E-state index in [0.29, 0.717) is 16.3 Å². The quantitative estimate of drug-likeness (QED) is 0.248. The number of carbonyl (C=O) groups excluding carboxylic acids is 1. The summed E-state index contributed by atoms with van der Waals surface area (Å²) < 4.78 is 5.58. The first-order valence-electron chi connectivity index (χ1n) is 8.05. The molecule has 0 radical (unpaired) electrons. The lowest BCUT2D eigenvalue weighted by Crippen LogP contribution is -2.02. The minimum absolute atomic E-state index is 0.189. The first kappa shape index (κ1) is 18.1. The van der Waals surface area contributed by atoms with Crippen LogP contribution in [0.1, 0.15) is 15.9 Å². The van der Waals surface area contributed by atoms with Crippen molar-refractivity contribution in [1.29, 1.82) is 0 Å². The molecule has 0 saturated heterocycles. The third-order valence-electron chi connectivity index (χ3n) is 3.79. The summed E-state index contributed by atoms with van der Waals surface area (Å²) in [6, 6.07) is 16.7. The Hall–Kier alpha value is -3.30. The lowest BCUT2D eigenvalue weighted by molar-refractivity contribution is -0.387. The van der Waals surface area contributed by atoms with Gasteiger partial charge in [0.15, 0.2) is 5.78 Å². The van der Waals surface area contributed by atoms with Gasteiger partial charge in [0, 0.05) is 17.2 Å². The molecule has 9 heteroatoms. The summed E-state index contributed by atoms with van der Waals surface area (Å²) in [5, 5.41) is 21.5. The first-order chi connectivity index (χ1) is 13.6. The van der Waals surface area contributed by atoms with E-state index in [4.69, 9.17) is 4.42 Å². The minimum Gasteiger partial charge on any atom is -0.410 e. The fourth-order valence-electron chi connectivity index (χ4n) is 2.49. The molecule has 4 rings (SSSR count). The molecule has 4 aromatic rings. The van der Waals surface area contributed by atoms with Crippen LogP contribution in [-0.4, -0.2) is 20.9 Å². The van der Waals surface area contributed by atoms with E-state index in [2.05, 4.69) is 10.2 Å². The van der Waals surface area contributed by atoms with Crippen molar-refractivity contribution in [2.24, 2.45) is 0 Å². The number of nitro benzene ring substituents is 1. The second-order valence-corrected chi connectivity index (χ2v) is 7.53. The van der Waals surface area contributed by atoms with Crippen LogP contribution >= 0.6 is 23.1 Å². The molecule has 0 amide bonds. The standard InChI is InChI=1S/C19H11N3O4S2/c23-17(12-5-2-1-3-6-12)13-8-9-15(14(11-13)22(24)25)28-19-21-20-18(26-19)16-7-4-10-27-16/h1-11H. The molecule has 0 saturated carbocycles. The van der Waals surface area contributed by atoms with E-state index in [1.807, 2.05) is 17.5 Å². The van der Waals surface area contributed by atoms with E-state index < -0.39 is 4.92 Å². The molecule has 0 atom stereocenters. The monoisotopic (exact) mass is 409 g/mol. The number of nitro groups is 1. The third-order valence-corrected chi connectivity index (χ3v) is 5.55. The molecule has 138 valence electrons. The van der Waals surface area contributed by atoms with E-state index in [-0.39, 0.29) is 22.3 Å². The molecule has 0 bridgehead atoms. The number of rotatable bonds is 6. The molecule has 7 nitrogen and oxygen atoms in total. The van der Waals surface area contributed by atoms with Crippen molar-refractivity contribution in [2.45, 2.75) is 10.1 Å². The van der Waals surface area contributed by atoms with Gasteiger partial charge in [0.05, 0.1) is 14.7 Å². The Balaban J connectivity index is 1.63. The predicted octanol–water partition coefficient (Wildman–Crippen LogP) is 5.09. The Morgan fingerprint density at radius 1 is 1.04 bits per heavy atom. The highest BCUT2D eigenvalue weighted by Gasteiger charge is 2.21. The van der Waals surface area contributed by atoms with Gasteiger partial charge in [-0.05, 0) is 35.3 Å². The van der Waals surface area contributed by atoms with E-state index in [9.17, 15) is 14.9 Å². The highest BCUT2D eigenvalue weighted by molar-refractivity contribution is 7.99. The molecule has 0 N–H and O–H groups in total. The van der Waals surface area contributed by atoms with Crippen LogP contribution in [0.5, 0.6) is 0 Å². The first-order valence-corrected chi connectivity index (χ1v) is 9.75. The lowest BCUT2D eigenvalue weighted by Gasteiger charge is -2.04. The van der Waals surface area contributed by atoms with Crippen LogP contribution in [0.3, 0.4) is 0 Å². The molecular formula is C19H11N3O4S2. The molecule has 28 heavy (non-hydrogen) atoms. The second kappa shape index (κ2) is 7.75. The van der Waals surface area contributed by atoms with E-state index >= 15 is 0 Å². The summed E-state index contributed by atoms with van der Waals surface area (Å²) >= 11 is 2.44. The zero-order valence-electron chi connectivity index (χ0n) is 14.1. The summed E-state index contributed by atoms with van der Waals surface area (Å²) in [5.74, 6) is 0.0778. The van der Waals surface area contributed by atoms with Gasteiger partial charge in [-0.3, -0.25) is 14.9 Å². The van der Waals surface area contributed by atoms with Crippen molar-refractivity contribution in [3.63, 3.8) is 0 Å². The van der Waals surface area contributed by atoms with Crippen LogP contribution in [0.15, 0.2) is 80.6 Å². The third kappa shape index (κ3) is 3.71. The number of hydrogen-bond acceptors (Lipinski definition) is 8. The van der Waals surface area contributed by atoms with Crippen molar-refractivity contribution >= 4 is 34.6 Å². The summed E-state index contributed by atoms with van der Waals surface area (Å²) in [6.07, 6.45) is 0. The van der Waals surface area contributed by atoms with Gasteiger partial charge < -0.3 is 4.42 Å². The maximum atomic E-state index is 12.6. The highest BCUT2D eigenvalue weighted by atomic mass is 32.2. The Bertz CT molecular complexity index is 1140. The van der Waals surface area contributed by atoms with Crippen molar-refractivity contribution in [2.75, 3.05) is 0 Å². The van der Waals surface area contributed by atoms with Crippen molar-refractivity contribution in [3.8, 4) is 10.8 Å². The van der Waals surface area contributed by atoms with Crippen molar-refractivity contribution in [3.05, 3.63) is 87.3 Å². The summed E-state index contributed by atoms with van der Waals surface area (Å²) in [6.45, 7) is 0. The van der Waals surface area contributed by atoms with Gasteiger partial charge in [0.1, 0.15) is 0 Å². The molecule has 0 spiro atoms. The lowest BCUT2D eigenvalue weighted by atomic mass is 10.0. The highest BCUT2D eigenvalue weighted by Crippen LogP contribution is 2.36. The summed E-state index contributed by atoms with van der Waals surface area (Å²) in [7, 11) is 0. The number of nitrogens with zero attached hydrogens (tertiary/aromatic N) is 3. The van der Waals surface area contributed by atoms with Gasteiger partial charge in [0.2, 0.25) is 0 Å².